The molecule has 0 atom stereocenters. The van der Waals surface area contributed by atoms with Gasteiger partial charge in [0.1, 0.15) is 0 Å². The van der Waals surface area contributed by atoms with E-state index in [-0.39, 0.29) is 17.6 Å². The summed E-state index contributed by atoms with van der Waals surface area (Å²) in [6, 6.07) is 23.4. The molecular weight excluding hydrogens is 499 g/mol. The lowest BCUT2D eigenvalue weighted by atomic mass is 10.0. The van der Waals surface area contributed by atoms with Gasteiger partial charge in [-0.2, -0.15) is 0 Å². The van der Waals surface area contributed by atoms with Crippen molar-refractivity contribution in [2.75, 3.05) is 12.8 Å². The lowest BCUT2D eigenvalue weighted by molar-refractivity contribution is -0.127. The van der Waals surface area contributed by atoms with E-state index in [4.69, 9.17) is 23.2 Å². The van der Waals surface area contributed by atoms with Gasteiger partial charge in [0.15, 0.2) is 11.0 Å². The molecule has 0 saturated heterocycles. The zero-order valence-corrected chi connectivity index (χ0v) is 22.1. The third-order valence-electron chi connectivity index (χ3n) is 5.62. The highest BCUT2D eigenvalue weighted by atomic mass is 35.5. The van der Waals surface area contributed by atoms with Gasteiger partial charge in [-0.25, -0.2) is 0 Å². The average molecular weight is 526 g/mol. The SMILES string of the molecule is CC(C)c1ccccc1-n1c(SCC(=O)N(C)Cc2ccccc2)nnc1-c1ccc(Cl)cc1Cl. The molecule has 0 spiro atoms. The van der Waals surface area contributed by atoms with Crippen molar-refractivity contribution in [2.45, 2.75) is 31.5 Å². The largest absolute Gasteiger partial charge is 0.341 e. The molecule has 4 aromatic rings. The molecule has 180 valence electrons. The van der Waals surface area contributed by atoms with E-state index < -0.39 is 0 Å². The number of aromatic nitrogens is 3. The fourth-order valence-electron chi connectivity index (χ4n) is 3.79. The third-order valence-corrected chi connectivity index (χ3v) is 7.08. The van der Waals surface area contributed by atoms with E-state index in [0.29, 0.717) is 27.6 Å². The summed E-state index contributed by atoms with van der Waals surface area (Å²) in [7, 11) is 1.81. The van der Waals surface area contributed by atoms with Crippen molar-refractivity contribution in [2.24, 2.45) is 0 Å². The van der Waals surface area contributed by atoms with E-state index in [2.05, 4.69) is 30.1 Å². The minimum Gasteiger partial charge on any atom is -0.341 e. The molecule has 0 saturated carbocycles. The molecule has 0 bridgehead atoms. The van der Waals surface area contributed by atoms with Crippen molar-refractivity contribution in [3.8, 4) is 17.1 Å². The minimum absolute atomic E-state index is 0.0108. The number of nitrogens with zero attached hydrogens (tertiary/aromatic N) is 4. The molecule has 4 rings (SSSR count). The van der Waals surface area contributed by atoms with Gasteiger partial charge in [0.05, 0.1) is 16.5 Å². The molecule has 1 aromatic heterocycles. The lowest BCUT2D eigenvalue weighted by Crippen LogP contribution is -2.27. The molecule has 0 unspecified atom stereocenters. The van der Waals surface area contributed by atoms with Crippen LogP contribution in [-0.2, 0) is 11.3 Å². The minimum atomic E-state index is 0.0108. The van der Waals surface area contributed by atoms with Gasteiger partial charge in [0.25, 0.3) is 0 Å². The Bertz CT molecular complexity index is 1320. The number of carbonyl (C=O) groups excluding carboxylic acids is 1. The predicted octanol–water partition coefficient (Wildman–Crippen LogP) is 7.12. The highest BCUT2D eigenvalue weighted by Gasteiger charge is 2.22. The maximum Gasteiger partial charge on any atom is 0.233 e. The highest BCUT2D eigenvalue weighted by Crippen LogP contribution is 2.35. The normalized spacial score (nSPS) is 11.1. The smallest absolute Gasteiger partial charge is 0.233 e. The summed E-state index contributed by atoms with van der Waals surface area (Å²) in [6.07, 6.45) is 0. The summed E-state index contributed by atoms with van der Waals surface area (Å²) in [5.41, 5.74) is 3.91. The van der Waals surface area contributed by atoms with Crippen LogP contribution in [0.15, 0.2) is 78.0 Å². The number of hydrogen-bond acceptors (Lipinski definition) is 4. The van der Waals surface area contributed by atoms with Crippen LogP contribution in [0.3, 0.4) is 0 Å². The number of hydrogen-bond donors (Lipinski definition) is 0. The van der Waals surface area contributed by atoms with Gasteiger partial charge in [-0.15, -0.1) is 10.2 Å². The topological polar surface area (TPSA) is 51.0 Å². The second kappa shape index (κ2) is 11.3. The third kappa shape index (κ3) is 5.89. The summed E-state index contributed by atoms with van der Waals surface area (Å²) in [5, 5.41) is 10.6. The van der Waals surface area contributed by atoms with Crippen LogP contribution in [0.2, 0.25) is 10.0 Å². The quantitative estimate of drug-likeness (QED) is 0.230. The van der Waals surface area contributed by atoms with Crippen molar-refractivity contribution in [3.05, 3.63) is 94.0 Å². The molecule has 0 fully saturated rings. The summed E-state index contributed by atoms with van der Waals surface area (Å²) in [6.45, 7) is 4.84. The average Bonchev–Trinajstić information content (AvgIpc) is 3.26. The van der Waals surface area contributed by atoms with Gasteiger partial charge in [-0.3, -0.25) is 9.36 Å². The van der Waals surface area contributed by atoms with Crippen LogP contribution < -0.4 is 0 Å². The molecule has 1 heterocycles. The van der Waals surface area contributed by atoms with Crippen LogP contribution in [0.5, 0.6) is 0 Å². The first-order chi connectivity index (χ1) is 16.8. The molecule has 5 nitrogen and oxygen atoms in total. The van der Waals surface area contributed by atoms with Gasteiger partial charge >= 0.3 is 0 Å². The molecule has 0 radical (unpaired) electrons. The van der Waals surface area contributed by atoms with Crippen LogP contribution >= 0.6 is 35.0 Å². The molecule has 0 N–H and O–H groups in total. The van der Waals surface area contributed by atoms with E-state index in [0.717, 1.165) is 22.4 Å². The van der Waals surface area contributed by atoms with E-state index in [1.54, 1.807) is 17.0 Å². The summed E-state index contributed by atoms with van der Waals surface area (Å²) in [4.78, 5) is 14.6. The fourth-order valence-corrected chi connectivity index (χ4v) is 5.17. The van der Waals surface area contributed by atoms with Crippen LogP contribution in [0.1, 0.15) is 30.9 Å². The number of thioether (sulfide) groups is 1. The Kier molecular flexibility index (Phi) is 8.16. The molecule has 0 aliphatic rings. The number of halogens is 2. The fraction of sp³-hybridized carbons (Fsp3) is 0.222. The van der Waals surface area contributed by atoms with Crippen LogP contribution in [0, 0.1) is 0 Å². The van der Waals surface area contributed by atoms with Crippen LogP contribution in [0.4, 0.5) is 0 Å². The predicted molar refractivity (Wildman–Crippen MR) is 145 cm³/mol. The van der Waals surface area contributed by atoms with Crippen molar-refractivity contribution < 1.29 is 4.79 Å². The summed E-state index contributed by atoms with van der Waals surface area (Å²) < 4.78 is 1.99. The van der Waals surface area contributed by atoms with Crippen molar-refractivity contribution in [1.29, 1.82) is 0 Å². The van der Waals surface area contributed by atoms with Crippen molar-refractivity contribution >= 4 is 40.9 Å². The first-order valence-corrected chi connectivity index (χ1v) is 13.0. The lowest BCUT2D eigenvalue weighted by Gasteiger charge is -2.19. The van der Waals surface area contributed by atoms with Crippen LogP contribution in [0.25, 0.3) is 17.1 Å². The molecular formula is C27H26Cl2N4OS. The van der Waals surface area contributed by atoms with Gasteiger partial charge in [0.2, 0.25) is 5.91 Å². The standard InChI is InChI=1S/C27H26Cl2N4OS/c1-18(2)21-11-7-8-12-24(21)33-26(22-14-13-20(28)15-23(22)29)30-31-27(33)35-17-25(34)32(3)16-19-9-5-4-6-10-19/h4-15,18H,16-17H2,1-3H3. The van der Waals surface area contributed by atoms with E-state index >= 15 is 0 Å². The Morgan fingerprint density at radius 2 is 1.71 bits per heavy atom. The number of amides is 1. The Morgan fingerprint density at radius 1 is 1.00 bits per heavy atom. The molecule has 3 aromatic carbocycles. The monoisotopic (exact) mass is 524 g/mol. The summed E-state index contributed by atoms with van der Waals surface area (Å²) >= 11 is 14.0. The molecule has 0 aliphatic carbocycles. The molecule has 8 heteroatoms. The first kappa shape index (κ1) is 25.3. The second-order valence-electron chi connectivity index (χ2n) is 8.50. The van der Waals surface area contributed by atoms with Gasteiger partial charge in [0, 0.05) is 24.2 Å². The number of carbonyl (C=O) groups is 1. The molecule has 1 amide bonds. The van der Waals surface area contributed by atoms with E-state index in [1.165, 1.54) is 11.8 Å². The highest BCUT2D eigenvalue weighted by molar-refractivity contribution is 7.99. The Balaban J connectivity index is 1.67. The number of rotatable bonds is 8. The zero-order valence-electron chi connectivity index (χ0n) is 19.8. The van der Waals surface area contributed by atoms with Gasteiger partial charge in [-0.1, -0.05) is 97.3 Å². The Labute approximate surface area is 220 Å². The van der Waals surface area contributed by atoms with Crippen LogP contribution in [-0.4, -0.2) is 38.4 Å². The summed E-state index contributed by atoms with van der Waals surface area (Å²) in [5.74, 6) is 1.13. The van der Waals surface area contributed by atoms with Gasteiger partial charge in [-0.05, 0) is 41.3 Å². The zero-order chi connectivity index (χ0) is 24.9. The number of para-hydroxylation sites is 1. The second-order valence-corrected chi connectivity index (χ2v) is 10.3. The first-order valence-electron chi connectivity index (χ1n) is 11.3. The molecule has 35 heavy (non-hydrogen) atoms. The maximum absolute atomic E-state index is 12.9. The van der Waals surface area contributed by atoms with E-state index in [9.17, 15) is 4.79 Å². The van der Waals surface area contributed by atoms with Gasteiger partial charge < -0.3 is 4.90 Å². The van der Waals surface area contributed by atoms with E-state index in [1.807, 2.05) is 66.2 Å². The van der Waals surface area contributed by atoms with Crippen molar-refractivity contribution in [1.82, 2.24) is 19.7 Å². The van der Waals surface area contributed by atoms with Crippen molar-refractivity contribution in [3.63, 3.8) is 0 Å². The Hall–Kier alpha value is -2.80. The maximum atomic E-state index is 12.9. The number of benzene rings is 3. The Morgan fingerprint density at radius 3 is 2.43 bits per heavy atom. The molecule has 0 aliphatic heterocycles.